The number of carboxylic acid groups (broad SMARTS) is 1. The van der Waals surface area contributed by atoms with Gasteiger partial charge >= 0.3 is 5.97 Å². The second-order valence-corrected chi connectivity index (χ2v) is 17.2. The summed E-state index contributed by atoms with van der Waals surface area (Å²) in [5.74, 6) is -0.307. The number of hydrogen-bond acceptors (Lipinski definition) is 5. The van der Waals surface area contributed by atoms with Crippen LogP contribution in [-0.4, -0.2) is 37.6 Å². The Labute approximate surface area is 251 Å². The van der Waals surface area contributed by atoms with Gasteiger partial charge in [0.05, 0.1) is 6.10 Å². The SMILES string of the molecule is CCO[C@@H](CCO[Si](C(C)C)(C(C)C)C(C)C)c1ccc(OCc2ccc(Cl)c(-c3ccc(C(=O)O)nc3)c2)cc1. The summed E-state index contributed by atoms with van der Waals surface area (Å²) in [4.78, 5) is 15.1. The highest BCUT2D eigenvalue weighted by Crippen LogP contribution is 2.42. The Balaban J connectivity index is 1.65. The molecule has 2 aromatic carbocycles. The average molecular weight is 598 g/mol. The van der Waals surface area contributed by atoms with Crippen LogP contribution >= 0.6 is 11.6 Å². The van der Waals surface area contributed by atoms with E-state index < -0.39 is 14.3 Å². The molecule has 41 heavy (non-hydrogen) atoms. The van der Waals surface area contributed by atoms with Crippen molar-refractivity contribution in [3.05, 3.63) is 82.6 Å². The molecule has 0 saturated heterocycles. The van der Waals surface area contributed by atoms with E-state index in [0.717, 1.165) is 34.4 Å². The van der Waals surface area contributed by atoms with Crippen molar-refractivity contribution in [3.63, 3.8) is 0 Å². The molecule has 3 rings (SSSR count). The third-order valence-corrected chi connectivity index (χ3v) is 14.2. The highest BCUT2D eigenvalue weighted by atomic mass is 35.5. The maximum Gasteiger partial charge on any atom is 0.354 e. The summed E-state index contributed by atoms with van der Waals surface area (Å²) in [7, 11) is -1.92. The van der Waals surface area contributed by atoms with Gasteiger partial charge in [-0.25, -0.2) is 9.78 Å². The van der Waals surface area contributed by atoms with Crippen molar-refractivity contribution >= 4 is 25.9 Å². The van der Waals surface area contributed by atoms with E-state index >= 15 is 0 Å². The van der Waals surface area contributed by atoms with Crippen LogP contribution in [0.2, 0.25) is 21.6 Å². The molecule has 0 fully saturated rings. The van der Waals surface area contributed by atoms with Crippen LogP contribution in [0.3, 0.4) is 0 Å². The number of hydrogen-bond donors (Lipinski definition) is 1. The van der Waals surface area contributed by atoms with Gasteiger partial charge in [-0.1, -0.05) is 77.4 Å². The molecule has 0 unspecified atom stereocenters. The lowest BCUT2D eigenvalue weighted by Gasteiger charge is -2.42. The molecule has 1 heterocycles. The Kier molecular flexibility index (Phi) is 12.0. The van der Waals surface area contributed by atoms with Crippen LogP contribution in [0.15, 0.2) is 60.8 Å². The number of carbonyl (C=O) groups is 1. The van der Waals surface area contributed by atoms with Crippen molar-refractivity contribution in [1.29, 1.82) is 0 Å². The van der Waals surface area contributed by atoms with E-state index in [-0.39, 0.29) is 11.8 Å². The van der Waals surface area contributed by atoms with Crippen LogP contribution in [0.25, 0.3) is 11.1 Å². The van der Waals surface area contributed by atoms with Gasteiger partial charge in [0.1, 0.15) is 18.1 Å². The second-order valence-electron chi connectivity index (χ2n) is 11.3. The molecule has 3 aromatic rings. The first-order valence-electron chi connectivity index (χ1n) is 14.5. The zero-order chi connectivity index (χ0) is 30.2. The molecule has 0 aliphatic rings. The van der Waals surface area contributed by atoms with E-state index in [4.69, 9.17) is 30.6 Å². The predicted molar refractivity (Wildman–Crippen MR) is 168 cm³/mol. The Bertz CT molecular complexity index is 1240. The number of ether oxygens (including phenoxy) is 2. The largest absolute Gasteiger partial charge is 0.489 e. The second kappa shape index (κ2) is 15.0. The van der Waals surface area contributed by atoms with Crippen LogP contribution in [0.4, 0.5) is 0 Å². The molecule has 0 radical (unpaired) electrons. The summed E-state index contributed by atoms with van der Waals surface area (Å²) >= 11 is 6.43. The fourth-order valence-electron chi connectivity index (χ4n) is 5.90. The number of carboxylic acids is 1. The third kappa shape index (κ3) is 8.19. The number of halogens is 1. The Morgan fingerprint density at radius 2 is 1.61 bits per heavy atom. The minimum Gasteiger partial charge on any atom is -0.489 e. The van der Waals surface area contributed by atoms with Crippen molar-refractivity contribution < 1.29 is 23.8 Å². The topological polar surface area (TPSA) is 77.9 Å². The molecule has 8 heteroatoms. The van der Waals surface area contributed by atoms with Gasteiger partial charge in [0.15, 0.2) is 8.32 Å². The summed E-state index contributed by atoms with van der Waals surface area (Å²) in [6.45, 7) is 17.6. The highest BCUT2D eigenvalue weighted by Gasteiger charge is 2.44. The maximum atomic E-state index is 11.1. The Morgan fingerprint density at radius 1 is 0.951 bits per heavy atom. The summed E-state index contributed by atoms with van der Waals surface area (Å²) in [5.41, 5.74) is 5.21. The number of pyridine rings is 1. The lowest BCUT2D eigenvalue weighted by Crippen LogP contribution is -2.48. The summed E-state index contributed by atoms with van der Waals surface area (Å²) in [6.07, 6.45) is 2.29. The van der Waals surface area contributed by atoms with Crippen molar-refractivity contribution in [2.24, 2.45) is 0 Å². The van der Waals surface area contributed by atoms with Gasteiger partial charge in [0.25, 0.3) is 0 Å². The maximum absolute atomic E-state index is 11.1. The van der Waals surface area contributed by atoms with Crippen molar-refractivity contribution in [2.75, 3.05) is 13.2 Å². The predicted octanol–water partition coefficient (Wildman–Crippen LogP) is 9.34. The summed E-state index contributed by atoms with van der Waals surface area (Å²) < 4.78 is 19.0. The molecule has 0 aliphatic carbocycles. The molecule has 1 atom stereocenters. The van der Waals surface area contributed by atoms with Gasteiger partial charge in [0.2, 0.25) is 0 Å². The molecule has 0 saturated carbocycles. The van der Waals surface area contributed by atoms with Crippen LogP contribution in [-0.2, 0) is 15.8 Å². The van der Waals surface area contributed by atoms with E-state index in [1.54, 1.807) is 6.07 Å². The number of nitrogens with zero attached hydrogens (tertiary/aromatic N) is 1. The Morgan fingerprint density at radius 3 is 2.15 bits per heavy atom. The molecular weight excluding hydrogens is 554 g/mol. The lowest BCUT2D eigenvalue weighted by molar-refractivity contribution is 0.0439. The molecule has 0 bridgehead atoms. The van der Waals surface area contributed by atoms with Gasteiger partial charge < -0.3 is 19.0 Å². The number of rotatable bonds is 15. The molecule has 0 amide bonds. The minimum absolute atomic E-state index is 0.0106. The normalized spacial score (nSPS) is 12.8. The van der Waals surface area contributed by atoms with E-state index in [9.17, 15) is 4.79 Å². The molecule has 0 aliphatic heterocycles. The fraction of sp³-hybridized carbons (Fsp3) is 0.455. The van der Waals surface area contributed by atoms with E-state index in [1.807, 2.05) is 37.3 Å². The van der Waals surface area contributed by atoms with E-state index in [1.165, 1.54) is 12.3 Å². The molecule has 0 spiro atoms. The number of aromatic carboxylic acids is 1. The first-order chi connectivity index (χ1) is 19.5. The highest BCUT2D eigenvalue weighted by molar-refractivity contribution is 6.77. The smallest absolute Gasteiger partial charge is 0.354 e. The van der Waals surface area contributed by atoms with Crippen molar-refractivity contribution in [2.45, 2.75) is 84.2 Å². The van der Waals surface area contributed by atoms with Gasteiger partial charge in [0, 0.05) is 35.6 Å². The third-order valence-electron chi connectivity index (χ3n) is 7.79. The van der Waals surface area contributed by atoms with Crippen LogP contribution in [0.1, 0.15) is 82.6 Å². The van der Waals surface area contributed by atoms with Crippen LogP contribution in [0, 0.1) is 0 Å². The van der Waals surface area contributed by atoms with Gasteiger partial charge in [-0.2, -0.15) is 0 Å². The van der Waals surface area contributed by atoms with Crippen LogP contribution < -0.4 is 4.74 Å². The Hall–Kier alpha value is -2.71. The standard InChI is InChI=1S/C33H44ClNO5Si/c1-8-38-32(17-18-40-41(22(2)3,23(4)5)24(6)7)26-10-13-28(14-11-26)39-21-25-9-15-30(34)29(19-25)27-12-16-31(33(36)37)35-20-27/h9-16,19-20,22-24,32H,8,17-18,21H2,1-7H3,(H,36,37)/t32-/m0/s1. The molecule has 1 aromatic heterocycles. The first-order valence-corrected chi connectivity index (χ1v) is 17.0. The van der Waals surface area contributed by atoms with Gasteiger partial charge in [-0.05, 0) is 71.4 Å². The van der Waals surface area contributed by atoms with E-state index in [2.05, 4.69) is 58.7 Å². The quantitative estimate of drug-likeness (QED) is 0.176. The zero-order valence-electron chi connectivity index (χ0n) is 25.3. The average Bonchev–Trinajstić information content (AvgIpc) is 2.94. The summed E-state index contributed by atoms with van der Waals surface area (Å²) in [5, 5.41) is 9.66. The van der Waals surface area contributed by atoms with Crippen molar-refractivity contribution in [3.8, 4) is 16.9 Å². The molecular formula is C33H44ClNO5Si. The molecule has 6 nitrogen and oxygen atoms in total. The monoisotopic (exact) mass is 597 g/mol. The number of benzene rings is 2. The van der Waals surface area contributed by atoms with Gasteiger partial charge in [-0.15, -0.1) is 0 Å². The minimum atomic E-state index is -1.92. The number of aromatic nitrogens is 1. The first kappa shape index (κ1) is 32.8. The zero-order valence-corrected chi connectivity index (χ0v) is 27.1. The fourth-order valence-corrected chi connectivity index (χ4v) is 11.6. The molecule has 1 N–H and O–H groups in total. The lowest BCUT2D eigenvalue weighted by atomic mass is 10.0. The van der Waals surface area contributed by atoms with Gasteiger partial charge in [-0.3, -0.25) is 0 Å². The summed E-state index contributed by atoms with van der Waals surface area (Å²) in [6, 6.07) is 16.9. The van der Waals surface area contributed by atoms with Crippen LogP contribution in [0.5, 0.6) is 5.75 Å². The molecule has 222 valence electrons. The van der Waals surface area contributed by atoms with Crippen molar-refractivity contribution in [1.82, 2.24) is 4.98 Å². The van der Waals surface area contributed by atoms with E-state index in [0.29, 0.717) is 41.5 Å².